The van der Waals surface area contributed by atoms with Gasteiger partial charge in [-0.25, -0.2) is 4.98 Å². The molecule has 0 spiro atoms. The van der Waals surface area contributed by atoms with Crippen molar-refractivity contribution in [2.24, 2.45) is 0 Å². The van der Waals surface area contributed by atoms with Gasteiger partial charge in [0.15, 0.2) is 5.75 Å². The van der Waals surface area contributed by atoms with E-state index in [2.05, 4.69) is 9.97 Å². The molecule has 15 heavy (non-hydrogen) atoms. The number of hydrogen-bond donors (Lipinski definition) is 0. The molecule has 0 saturated heterocycles. The lowest BCUT2D eigenvalue weighted by Crippen LogP contribution is -1.96. The van der Waals surface area contributed by atoms with Gasteiger partial charge >= 0.3 is 0 Å². The number of aryl methyl sites for hydroxylation is 1. The van der Waals surface area contributed by atoms with Crippen molar-refractivity contribution < 1.29 is 9.47 Å². The highest BCUT2D eigenvalue weighted by molar-refractivity contribution is 5.86. The van der Waals surface area contributed by atoms with Crippen LogP contribution in [0, 0.1) is 0 Å². The van der Waals surface area contributed by atoms with Crippen molar-refractivity contribution >= 4 is 11.0 Å². The Bertz CT molecular complexity index is 479. The molecule has 0 aliphatic rings. The van der Waals surface area contributed by atoms with E-state index in [9.17, 15) is 0 Å². The average Bonchev–Trinajstić information content (AvgIpc) is 2.66. The van der Waals surface area contributed by atoms with Gasteiger partial charge in [-0.2, -0.15) is 4.98 Å². The van der Waals surface area contributed by atoms with Gasteiger partial charge in [0.05, 0.1) is 14.2 Å². The lowest BCUT2D eigenvalue weighted by molar-refractivity contribution is 0.400. The Balaban J connectivity index is 2.78. The van der Waals surface area contributed by atoms with Gasteiger partial charge in [-0.05, 0) is 6.92 Å². The largest absolute Gasteiger partial charge is 0.493 e. The highest BCUT2D eigenvalue weighted by Crippen LogP contribution is 2.30. The number of nitrogens with zero attached hydrogens (tertiary/aromatic N) is 3. The fraction of sp³-hybridized carbons (Fsp3) is 0.400. The average molecular weight is 207 g/mol. The smallest absolute Gasteiger partial charge is 0.241 e. The van der Waals surface area contributed by atoms with Crippen LogP contribution in [-0.2, 0) is 6.54 Å². The van der Waals surface area contributed by atoms with Crippen LogP contribution in [0.1, 0.15) is 6.92 Å². The fourth-order valence-corrected chi connectivity index (χ4v) is 1.62. The Kier molecular flexibility index (Phi) is 2.45. The molecule has 5 heteroatoms. The summed E-state index contributed by atoms with van der Waals surface area (Å²) in [5.74, 6) is 1.32. The summed E-state index contributed by atoms with van der Waals surface area (Å²) in [7, 11) is 3.23. The first-order valence-corrected chi connectivity index (χ1v) is 4.73. The topological polar surface area (TPSA) is 49.2 Å². The van der Waals surface area contributed by atoms with E-state index in [1.54, 1.807) is 14.2 Å². The van der Waals surface area contributed by atoms with E-state index in [4.69, 9.17) is 9.47 Å². The number of hydrogen-bond acceptors (Lipinski definition) is 4. The summed E-state index contributed by atoms with van der Waals surface area (Å²) >= 11 is 0. The summed E-state index contributed by atoms with van der Waals surface area (Å²) in [5.41, 5.74) is 1.66. The maximum absolute atomic E-state index is 5.24. The minimum atomic E-state index is 0.574. The molecule has 0 bridgehead atoms. The molecule has 0 aromatic carbocycles. The number of methoxy groups -OCH3 is 2. The summed E-state index contributed by atoms with van der Waals surface area (Å²) in [6.07, 6.45) is 3.38. The van der Waals surface area contributed by atoms with Gasteiger partial charge in [-0.15, -0.1) is 0 Å². The Morgan fingerprint density at radius 3 is 2.67 bits per heavy atom. The van der Waals surface area contributed by atoms with E-state index < -0.39 is 0 Å². The van der Waals surface area contributed by atoms with E-state index in [1.165, 1.54) is 6.33 Å². The number of aromatic nitrogens is 3. The van der Waals surface area contributed by atoms with Crippen molar-refractivity contribution in [1.82, 2.24) is 14.5 Å². The predicted molar refractivity (Wildman–Crippen MR) is 56.3 cm³/mol. The summed E-state index contributed by atoms with van der Waals surface area (Å²) in [4.78, 5) is 8.26. The van der Waals surface area contributed by atoms with Crippen LogP contribution in [0.2, 0.25) is 0 Å². The van der Waals surface area contributed by atoms with Crippen LogP contribution in [0.25, 0.3) is 11.0 Å². The third kappa shape index (κ3) is 1.40. The minimum Gasteiger partial charge on any atom is -0.493 e. The van der Waals surface area contributed by atoms with Gasteiger partial charge in [0.1, 0.15) is 17.4 Å². The van der Waals surface area contributed by atoms with Crippen LogP contribution in [-0.4, -0.2) is 28.8 Å². The molecule has 0 atom stereocenters. The molecule has 80 valence electrons. The molecule has 2 aromatic rings. The van der Waals surface area contributed by atoms with Crippen molar-refractivity contribution in [3.8, 4) is 11.6 Å². The van der Waals surface area contributed by atoms with Crippen LogP contribution >= 0.6 is 0 Å². The Morgan fingerprint density at radius 2 is 2.07 bits per heavy atom. The van der Waals surface area contributed by atoms with Crippen molar-refractivity contribution in [3.05, 3.63) is 12.5 Å². The third-order valence-corrected chi connectivity index (χ3v) is 2.34. The fourth-order valence-electron chi connectivity index (χ4n) is 1.62. The Hall–Kier alpha value is -1.78. The van der Waals surface area contributed by atoms with E-state index in [-0.39, 0.29) is 0 Å². The summed E-state index contributed by atoms with van der Waals surface area (Å²) in [5, 5.41) is 0. The predicted octanol–water partition coefficient (Wildman–Crippen LogP) is 1.47. The molecule has 0 aliphatic heterocycles. The van der Waals surface area contributed by atoms with Crippen LogP contribution < -0.4 is 9.47 Å². The molecule has 5 nitrogen and oxygen atoms in total. The normalized spacial score (nSPS) is 10.6. The van der Waals surface area contributed by atoms with E-state index >= 15 is 0 Å². The molecule has 0 saturated carbocycles. The second-order valence-corrected chi connectivity index (χ2v) is 3.06. The molecular formula is C10H13N3O2. The van der Waals surface area contributed by atoms with Crippen LogP contribution in [0.5, 0.6) is 11.6 Å². The zero-order valence-corrected chi connectivity index (χ0v) is 9.02. The molecule has 0 N–H and O–H groups in total. The van der Waals surface area contributed by atoms with E-state index in [0.717, 1.165) is 23.3 Å². The lowest BCUT2D eigenvalue weighted by Gasteiger charge is -2.03. The Labute approximate surface area is 87.7 Å². The van der Waals surface area contributed by atoms with Gasteiger partial charge < -0.3 is 14.0 Å². The van der Waals surface area contributed by atoms with Crippen molar-refractivity contribution in [3.63, 3.8) is 0 Å². The maximum Gasteiger partial charge on any atom is 0.241 e. The van der Waals surface area contributed by atoms with Crippen molar-refractivity contribution in [2.75, 3.05) is 14.2 Å². The highest BCUT2D eigenvalue weighted by atomic mass is 16.5. The molecule has 0 aliphatic carbocycles. The summed E-state index contributed by atoms with van der Waals surface area (Å²) in [6, 6.07) is 0. The molecule has 2 heterocycles. The van der Waals surface area contributed by atoms with Crippen molar-refractivity contribution in [2.45, 2.75) is 13.5 Å². The van der Waals surface area contributed by atoms with Crippen LogP contribution in [0.15, 0.2) is 12.5 Å². The standard InChI is InChI=1S/C10H13N3O2/c1-4-13-5-7(14-2)8-9(13)10(15-3)12-6-11-8/h5-6H,4H2,1-3H3. The first-order valence-electron chi connectivity index (χ1n) is 4.73. The minimum absolute atomic E-state index is 0.574. The molecule has 2 rings (SSSR count). The highest BCUT2D eigenvalue weighted by Gasteiger charge is 2.14. The number of rotatable bonds is 3. The summed E-state index contributed by atoms with van der Waals surface area (Å²) in [6.45, 7) is 2.87. The molecule has 2 aromatic heterocycles. The molecule has 0 amide bonds. The second-order valence-electron chi connectivity index (χ2n) is 3.06. The van der Waals surface area contributed by atoms with Crippen molar-refractivity contribution in [1.29, 1.82) is 0 Å². The van der Waals surface area contributed by atoms with E-state index in [0.29, 0.717) is 5.88 Å². The first-order chi connectivity index (χ1) is 7.31. The zero-order valence-electron chi connectivity index (χ0n) is 9.02. The lowest BCUT2D eigenvalue weighted by atomic mass is 10.4. The number of fused-ring (bicyclic) bond motifs is 1. The zero-order chi connectivity index (χ0) is 10.8. The van der Waals surface area contributed by atoms with Crippen LogP contribution in [0.4, 0.5) is 0 Å². The summed E-state index contributed by atoms with van der Waals surface area (Å²) < 4.78 is 12.5. The van der Waals surface area contributed by atoms with Gasteiger partial charge in [0, 0.05) is 12.7 Å². The second kappa shape index (κ2) is 3.76. The maximum atomic E-state index is 5.24. The molecular weight excluding hydrogens is 194 g/mol. The molecule has 0 radical (unpaired) electrons. The molecule has 0 unspecified atom stereocenters. The van der Waals surface area contributed by atoms with Gasteiger partial charge in [-0.1, -0.05) is 0 Å². The quantitative estimate of drug-likeness (QED) is 0.764. The van der Waals surface area contributed by atoms with Gasteiger partial charge in [0.2, 0.25) is 5.88 Å². The monoisotopic (exact) mass is 207 g/mol. The Morgan fingerprint density at radius 1 is 1.27 bits per heavy atom. The van der Waals surface area contributed by atoms with Gasteiger partial charge in [0.25, 0.3) is 0 Å². The SMILES string of the molecule is CCn1cc(OC)c2ncnc(OC)c21. The number of ether oxygens (including phenoxy) is 2. The van der Waals surface area contributed by atoms with E-state index in [1.807, 2.05) is 17.7 Å². The van der Waals surface area contributed by atoms with Gasteiger partial charge in [-0.3, -0.25) is 0 Å². The first kappa shape index (κ1) is 9.76. The van der Waals surface area contributed by atoms with Crippen LogP contribution in [0.3, 0.4) is 0 Å². The third-order valence-electron chi connectivity index (χ3n) is 2.34. The molecule has 0 fully saturated rings.